The minimum Gasteiger partial charge on any atom is -0.468 e. The van der Waals surface area contributed by atoms with Crippen molar-refractivity contribution < 1.29 is 9.53 Å². The van der Waals surface area contributed by atoms with Gasteiger partial charge in [0.15, 0.2) is 0 Å². The zero-order valence-corrected chi connectivity index (χ0v) is 10.4. The van der Waals surface area contributed by atoms with E-state index in [9.17, 15) is 4.79 Å². The van der Waals surface area contributed by atoms with Gasteiger partial charge in [0.05, 0.1) is 12.9 Å². The molecule has 16 heavy (non-hydrogen) atoms. The van der Waals surface area contributed by atoms with E-state index in [1.54, 1.807) is 0 Å². The molecule has 0 saturated heterocycles. The number of nitrogens with two attached hydrogens (primary N) is 1. The van der Waals surface area contributed by atoms with Crippen LogP contribution in [0.15, 0.2) is 11.4 Å². The third-order valence-electron chi connectivity index (χ3n) is 2.01. The topological polar surface area (TPSA) is 78.1 Å². The first-order valence-corrected chi connectivity index (χ1v) is 5.84. The van der Waals surface area contributed by atoms with Crippen LogP contribution in [0.4, 0.5) is 5.82 Å². The highest BCUT2D eigenvalue weighted by Crippen LogP contribution is 2.29. The van der Waals surface area contributed by atoms with E-state index < -0.39 is 0 Å². The van der Waals surface area contributed by atoms with E-state index in [1.165, 1.54) is 25.2 Å². The van der Waals surface area contributed by atoms with Crippen molar-refractivity contribution in [3.05, 3.63) is 11.9 Å². The van der Waals surface area contributed by atoms with Crippen LogP contribution in [-0.4, -0.2) is 28.8 Å². The van der Waals surface area contributed by atoms with E-state index in [0.29, 0.717) is 5.82 Å². The van der Waals surface area contributed by atoms with Crippen LogP contribution in [-0.2, 0) is 9.53 Å². The maximum atomic E-state index is 11.0. The zero-order valence-electron chi connectivity index (χ0n) is 9.56. The third-order valence-corrected chi connectivity index (χ3v) is 2.99. The summed E-state index contributed by atoms with van der Waals surface area (Å²) in [5.41, 5.74) is 6.67. The van der Waals surface area contributed by atoms with Crippen molar-refractivity contribution in [1.29, 1.82) is 0 Å². The van der Waals surface area contributed by atoms with Gasteiger partial charge in [-0.3, -0.25) is 4.79 Å². The fourth-order valence-corrected chi connectivity index (χ4v) is 2.23. The summed E-state index contributed by atoms with van der Waals surface area (Å²) in [6.45, 7) is 4.02. The number of hydrogen-bond acceptors (Lipinski definition) is 6. The second kappa shape index (κ2) is 5.69. The fraction of sp³-hybridized carbons (Fsp3) is 0.500. The molecule has 0 bridgehead atoms. The summed E-state index contributed by atoms with van der Waals surface area (Å²) in [6, 6.07) is 0. The summed E-state index contributed by atoms with van der Waals surface area (Å²) in [7, 11) is 1.36. The molecule has 1 rings (SSSR count). The normalized spacial score (nSPS) is 10.5. The van der Waals surface area contributed by atoms with Gasteiger partial charge < -0.3 is 10.5 Å². The number of esters is 1. The first-order valence-electron chi connectivity index (χ1n) is 4.86. The molecule has 1 aromatic rings. The number of carbonyl (C=O) groups is 1. The molecule has 6 heteroatoms. The Morgan fingerprint density at radius 1 is 1.56 bits per heavy atom. The Morgan fingerprint density at radius 2 is 2.25 bits per heavy atom. The van der Waals surface area contributed by atoms with Gasteiger partial charge in [-0.25, -0.2) is 9.97 Å². The van der Waals surface area contributed by atoms with Crippen LogP contribution >= 0.6 is 11.8 Å². The Morgan fingerprint density at radius 3 is 2.81 bits per heavy atom. The molecular formula is C10H15N3O2S. The molecule has 0 radical (unpaired) electrons. The molecule has 0 aliphatic rings. The smallest absolute Gasteiger partial charge is 0.316 e. The summed E-state index contributed by atoms with van der Waals surface area (Å²) in [6.07, 6.45) is 1.40. The van der Waals surface area contributed by atoms with Gasteiger partial charge in [-0.1, -0.05) is 25.6 Å². The summed E-state index contributed by atoms with van der Waals surface area (Å²) in [5, 5.41) is 0.743. The highest BCUT2D eigenvalue weighted by atomic mass is 32.2. The molecule has 0 aromatic carbocycles. The molecule has 0 amide bonds. The van der Waals surface area contributed by atoms with Gasteiger partial charge in [0.25, 0.3) is 0 Å². The molecule has 2 N–H and O–H groups in total. The van der Waals surface area contributed by atoms with Crippen LogP contribution in [0, 0.1) is 0 Å². The zero-order chi connectivity index (χ0) is 12.1. The van der Waals surface area contributed by atoms with E-state index in [1.807, 2.05) is 13.8 Å². The quantitative estimate of drug-likeness (QED) is 0.488. The minimum atomic E-state index is -0.281. The van der Waals surface area contributed by atoms with Crippen LogP contribution in [0.1, 0.15) is 25.3 Å². The largest absolute Gasteiger partial charge is 0.468 e. The number of rotatable bonds is 4. The maximum Gasteiger partial charge on any atom is 0.316 e. The number of nitrogen functional groups attached to an aromatic ring is 1. The lowest BCUT2D eigenvalue weighted by molar-refractivity contribution is -0.137. The van der Waals surface area contributed by atoms with Crippen LogP contribution in [0.25, 0.3) is 0 Å². The molecule has 0 aliphatic carbocycles. The lowest BCUT2D eigenvalue weighted by Gasteiger charge is -2.12. The van der Waals surface area contributed by atoms with E-state index in [2.05, 4.69) is 14.7 Å². The second-order valence-electron chi connectivity index (χ2n) is 3.50. The Labute approximate surface area is 98.8 Å². The number of aromatic nitrogens is 2. The van der Waals surface area contributed by atoms with Crippen LogP contribution < -0.4 is 5.73 Å². The van der Waals surface area contributed by atoms with Gasteiger partial charge >= 0.3 is 5.97 Å². The van der Waals surface area contributed by atoms with Gasteiger partial charge in [0.2, 0.25) is 0 Å². The number of nitrogens with zero attached hydrogens (tertiary/aromatic N) is 2. The van der Waals surface area contributed by atoms with Crippen molar-refractivity contribution in [3.63, 3.8) is 0 Å². The molecule has 0 spiro atoms. The first kappa shape index (κ1) is 12.8. The van der Waals surface area contributed by atoms with Gasteiger partial charge in [-0.2, -0.15) is 0 Å². The Bertz CT molecular complexity index is 382. The standard InChI is InChI=1S/C10H15N3O2S/c1-6(2)8-9(11)12-5-13-10(8)16-4-7(14)15-3/h5-6H,4H2,1-3H3,(H2,11,12,13). The van der Waals surface area contributed by atoms with E-state index in [4.69, 9.17) is 5.73 Å². The number of carbonyl (C=O) groups excluding carboxylic acids is 1. The van der Waals surface area contributed by atoms with Crippen molar-refractivity contribution in [2.24, 2.45) is 0 Å². The molecule has 0 atom stereocenters. The molecule has 88 valence electrons. The molecule has 0 saturated carbocycles. The van der Waals surface area contributed by atoms with Gasteiger partial charge in [0.1, 0.15) is 17.2 Å². The summed E-state index contributed by atoms with van der Waals surface area (Å²) >= 11 is 1.32. The van der Waals surface area contributed by atoms with Crippen molar-refractivity contribution in [2.45, 2.75) is 24.8 Å². The predicted molar refractivity (Wildman–Crippen MR) is 63.3 cm³/mol. The molecule has 0 aliphatic heterocycles. The summed E-state index contributed by atoms with van der Waals surface area (Å²) < 4.78 is 4.57. The summed E-state index contributed by atoms with van der Waals surface area (Å²) in [5.74, 6) is 0.641. The molecular weight excluding hydrogens is 226 g/mol. The lowest BCUT2D eigenvalue weighted by Crippen LogP contribution is -2.07. The maximum absolute atomic E-state index is 11.0. The summed E-state index contributed by atoms with van der Waals surface area (Å²) in [4.78, 5) is 19.1. The van der Waals surface area contributed by atoms with Gasteiger partial charge in [-0.15, -0.1) is 0 Å². The average molecular weight is 241 g/mol. The van der Waals surface area contributed by atoms with Gasteiger partial charge in [0, 0.05) is 5.56 Å². The van der Waals surface area contributed by atoms with Crippen molar-refractivity contribution in [1.82, 2.24) is 9.97 Å². The van der Waals surface area contributed by atoms with E-state index in [-0.39, 0.29) is 17.6 Å². The SMILES string of the molecule is COC(=O)CSc1ncnc(N)c1C(C)C. The number of anilines is 1. The van der Waals surface area contributed by atoms with Crippen molar-refractivity contribution in [3.8, 4) is 0 Å². The number of methoxy groups -OCH3 is 1. The molecule has 1 heterocycles. The van der Waals surface area contributed by atoms with E-state index >= 15 is 0 Å². The number of hydrogen-bond donors (Lipinski definition) is 1. The minimum absolute atomic E-state index is 0.223. The van der Waals surface area contributed by atoms with Crippen LogP contribution in [0.2, 0.25) is 0 Å². The predicted octanol–water partition coefficient (Wildman–Crippen LogP) is 1.45. The van der Waals surface area contributed by atoms with Crippen LogP contribution in [0.5, 0.6) is 0 Å². The molecule has 0 unspecified atom stereocenters. The lowest BCUT2D eigenvalue weighted by atomic mass is 10.1. The molecule has 1 aromatic heterocycles. The Kier molecular flexibility index (Phi) is 4.54. The van der Waals surface area contributed by atoms with E-state index in [0.717, 1.165) is 10.6 Å². The second-order valence-corrected chi connectivity index (χ2v) is 4.46. The average Bonchev–Trinajstić information content (AvgIpc) is 2.25. The third kappa shape index (κ3) is 3.10. The fourth-order valence-electron chi connectivity index (χ4n) is 1.24. The van der Waals surface area contributed by atoms with Crippen LogP contribution in [0.3, 0.4) is 0 Å². The molecule has 5 nitrogen and oxygen atoms in total. The van der Waals surface area contributed by atoms with Crippen molar-refractivity contribution >= 4 is 23.5 Å². The monoisotopic (exact) mass is 241 g/mol. The molecule has 0 fully saturated rings. The number of thioether (sulfide) groups is 1. The number of ether oxygens (including phenoxy) is 1. The van der Waals surface area contributed by atoms with Gasteiger partial charge in [-0.05, 0) is 5.92 Å². The van der Waals surface area contributed by atoms with Crippen molar-refractivity contribution in [2.75, 3.05) is 18.6 Å². The highest BCUT2D eigenvalue weighted by molar-refractivity contribution is 7.99. The highest BCUT2D eigenvalue weighted by Gasteiger charge is 2.14. The Balaban J connectivity index is 2.87. The Hall–Kier alpha value is -1.30. The first-order chi connectivity index (χ1) is 7.56.